The largest absolute Gasteiger partial charge is 0.463 e. The molecule has 0 saturated carbocycles. The molecule has 1 aromatic carbocycles. The lowest BCUT2D eigenvalue weighted by atomic mass is 9.95. The molecule has 3 N–H and O–H groups in total. The van der Waals surface area contributed by atoms with E-state index in [-0.39, 0.29) is 6.61 Å². The van der Waals surface area contributed by atoms with Gasteiger partial charge in [0.25, 0.3) is 0 Å². The summed E-state index contributed by atoms with van der Waals surface area (Å²) in [5.41, 5.74) is 1.51. The molecule has 3 aliphatic rings. The summed E-state index contributed by atoms with van der Waals surface area (Å²) in [6.45, 7) is 8.50. The van der Waals surface area contributed by atoms with Crippen molar-refractivity contribution >= 4 is 47.9 Å². The van der Waals surface area contributed by atoms with Crippen LogP contribution in [0.3, 0.4) is 0 Å². The second-order valence-corrected chi connectivity index (χ2v) is 14.7. The van der Waals surface area contributed by atoms with Crippen LogP contribution < -0.4 is 0 Å². The monoisotopic (exact) mass is 914 g/mol. The maximum absolute atomic E-state index is 12.8. The Labute approximate surface area is 366 Å². The Hall–Kier alpha value is -5.11. The maximum atomic E-state index is 12.8. The highest BCUT2D eigenvalue weighted by Crippen LogP contribution is 2.37. The van der Waals surface area contributed by atoms with Gasteiger partial charge in [-0.05, 0) is 11.1 Å². The van der Waals surface area contributed by atoms with Gasteiger partial charge in [-0.25, -0.2) is 0 Å². The molecular weight excluding hydrogens is 860 g/mol. The highest BCUT2D eigenvalue weighted by molar-refractivity contribution is 5.69. The van der Waals surface area contributed by atoms with Crippen molar-refractivity contribution in [2.75, 3.05) is 19.8 Å². The summed E-state index contributed by atoms with van der Waals surface area (Å²) in [6, 6.07) is 7.04. The van der Waals surface area contributed by atoms with Gasteiger partial charge in [-0.15, -0.1) is 0 Å². The Balaban J connectivity index is 1.74. The summed E-state index contributed by atoms with van der Waals surface area (Å²) in [5, 5.41) is 33.0. The summed E-state index contributed by atoms with van der Waals surface area (Å²) in [4.78, 5) is 86.9. The molecule has 3 heterocycles. The molecule has 0 amide bonds. The van der Waals surface area contributed by atoms with E-state index in [9.17, 15) is 48.9 Å². The fourth-order valence-electron chi connectivity index (χ4n) is 7.02. The zero-order valence-corrected chi connectivity index (χ0v) is 36.1. The lowest BCUT2D eigenvalue weighted by Crippen LogP contribution is -2.68. The summed E-state index contributed by atoms with van der Waals surface area (Å²) in [5.74, 6) is -6.50. The summed E-state index contributed by atoms with van der Waals surface area (Å²) >= 11 is 0. The minimum atomic E-state index is -1.93. The average Bonchev–Trinajstić information content (AvgIpc) is 3.21. The molecule has 0 unspecified atom stereocenters. The lowest BCUT2D eigenvalue weighted by molar-refractivity contribution is -0.380. The number of aliphatic hydroxyl groups excluding tert-OH is 3. The molecule has 0 aliphatic carbocycles. The van der Waals surface area contributed by atoms with Crippen LogP contribution in [0, 0.1) is 0 Å². The van der Waals surface area contributed by atoms with Gasteiger partial charge in [-0.1, -0.05) is 36.9 Å². The molecular formula is C41H54O23. The van der Waals surface area contributed by atoms with Crippen LogP contribution in [0.25, 0.3) is 6.08 Å². The highest BCUT2D eigenvalue weighted by Gasteiger charge is 2.59. The van der Waals surface area contributed by atoms with Crippen molar-refractivity contribution in [3.05, 3.63) is 42.0 Å². The predicted octanol–water partition coefficient (Wildman–Crippen LogP) is -0.710. The summed E-state index contributed by atoms with van der Waals surface area (Å²) < 4.78 is 74.3. The lowest BCUT2D eigenvalue weighted by Gasteiger charge is -2.50. The second-order valence-electron chi connectivity index (χ2n) is 14.7. The van der Waals surface area contributed by atoms with Crippen molar-refractivity contribution in [3.63, 3.8) is 0 Å². The SMILES string of the molecule is C=Cc1ccc(CO[C@@H]2O[C@H](CO)[C@@H](O[C@@H]3O[C@H](COC(C)=O)[C@@H](O[C@@H]4O[C@H](COC(C)=O)[C@@H](OC(C)=O)[C@H](OC(C)=O)[C@H]4OC(C)=O)[C@H](OC(C)=O)[C@H]3OC(C)=O)[C@H](O)[C@H]2O)cc1. The van der Waals surface area contributed by atoms with Crippen molar-refractivity contribution in [1.29, 1.82) is 0 Å². The standard InChI is InChI=1S/C41H54O23/c1-9-25-10-12-26(13-11-25)15-54-39-31(51)30(50)32(27(14-42)60-39)63-40-38(59-24(8)49)36(57-22(6)47)34(29(62-40)17-53-19(3)44)64-41-37(58-23(7)48)35(56-21(5)46)33(55-20(4)45)28(61-41)16-52-18(2)43/h9-13,27-42,50-51H,1,14-17H2,2-8H3/t27-,28-,29-,30-,31-,32-,33-,34-,35+,36+,37-,38-,39-,40+,41+/m1/s1. The van der Waals surface area contributed by atoms with E-state index in [2.05, 4.69) is 6.58 Å². The zero-order chi connectivity index (χ0) is 47.4. The fraction of sp³-hybridized carbons (Fsp3) is 0.634. The molecule has 15 atom stereocenters. The molecule has 0 bridgehead atoms. The quantitative estimate of drug-likeness (QED) is 0.121. The van der Waals surface area contributed by atoms with Crippen molar-refractivity contribution in [3.8, 4) is 0 Å². The van der Waals surface area contributed by atoms with Crippen LogP contribution in [0.4, 0.5) is 0 Å². The number of hydrogen-bond donors (Lipinski definition) is 3. The number of rotatable bonds is 18. The Morgan fingerprint density at radius 1 is 0.531 bits per heavy atom. The van der Waals surface area contributed by atoms with Crippen LogP contribution in [0.15, 0.2) is 30.8 Å². The van der Waals surface area contributed by atoms with Gasteiger partial charge in [0, 0.05) is 48.5 Å². The van der Waals surface area contributed by atoms with Gasteiger partial charge in [-0.2, -0.15) is 0 Å². The van der Waals surface area contributed by atoms with Crippen LogP contribution >= 0.6 is 0 Å². The first kappa shape index (κ1) is 51.5. The first-order chi connectivity index (χ1) is 30.2. The average molecular weight is 915 g/mol. The zero-order valence-electron chi connectivity index (χ0n) is 36.1. The maximum Gasteiger partial charge on any atom is 0.303 e. The van der Waals surface area contributed by atoms with Gasteiger partial charge in [0.15, 0.2) is 49.4 Å². The van der Waals surface area contributed by atoms with E-state index < -0.39 is 154 Å². The fourth-order valence-corrected chi connectivity index (χ4v) is 7.02. The number of hydrogen-bond acceptors (Lipinski definition) is 23. The van der Waals surface area contributed by atoms with Gasteiger partial charge in [0.05, 0.1) is 13.2 Å². The number of benzene rings is 1. The molecule has 0 aromatic heterocycles. The summed E-state index contributed by atoms with van der Waals surface area (Å²) in [6.07, 6.45) is -24.2. The molecule has 3 fully saturated rings. The van der Waals surface area contributed by atoms with E-state index in [1.807, 2.05) is 0 Å². The third-order valence-electron chi connectivity index (χ3n) is 9.63. The predicted molar refractivity (Wildman–Crippen MR) is 207 cm³/mol. The molecule has 1 aromatic rings. The number of esters is 7. The van der Waals surface area contributed by atoms with Gasteiger partial charge < -0.3 is 76.9 Å². The molecule has 3 saturated heterocycles. The molecule has 0 radical (unpaired) electrons. The van der Waals surface area contributed by atoms with E-state index in [0.717, 1.165) is 54.0 Å². The van der Waals surface area contributed by atoms with E-state index in [0.29, 0.717) is 5.56 Å². The van der Waals surface area contributed by atoms with Crippen molar-refractivity contribution in [1.82, 2.24) is 0 Å². The smallest absolute Gasteiger partial charge is 0.303 e. The second kappa shape index (κ2) is 23.7. The van der Waals surface area contributed by atoms with Gasteiger partial charge in [0.1, 0.15) is 55.9 Å². The van der Waals surface area contributed by atoms with Crippen molar-refractivity contribution < 1.29 is 110 Å². The van der Waals surface area contributed by atoms with E-state index in [1.54, 1.807) is 30.3 Å². The van der Waals surface area contributed by atoms with E-state index in [4.69, 9.17) is 61.6 Å². The van der Waals surface area contributed by atoms with Crippen LogP contribution in [-0.4, -0.2) is 169 Å². The van der Waals surface area contributed by atoms with E-state index in [1.165, 1.54) is 0 Å². The molecule has 23 heteroatoms. The van der Waals surface area contributed by atoms with Gasteiger partial charge >= 0.3 is 41.8 Å². The third kappa shape index (κ3) is 14.2. The summed E-state index contributed by atoms with van der Waals surface area (Å²) in [7, 11) is 0. The minimum absolute atomic E-state index is 0.0847. The molecule has 4 rings (SSSR count). The van der Waals surface area contributed by atoms with Crippen LogP contribution in [-0.2, 0) is 102 Å². The molecule has 64 heavy (non-hydrogen) atoms. The highest BCUT2D eigenvalue weighted by atomic mass is 16.8. The van der Waals surface area contributed by atoms with E-state index >= 15 is 0 Å². The molecule has 0 spiro atoms. The number of aliphatic hydroxyl groups is 3. The number of carbonyl (C=O) groups excluding carboxylic acids is 7. The normalized spacial score (nSPS) is 32.5. The first-order valence-electron chi connectivity index (χ1n) is 19.9. The van der Waals surface area contributed by atoms with Crippen LogP contribution in [0.2, 0.25) is 0 Å². The topological polar surface area (TPSA) is 300 Å². The minimum Gasteiger partial charge on any atom is -0.463 e. The van der Waals surface area contributed by atoms with Gasteiger partial charge in [-0.3, -0.25) is 33.6 Å². The van der Waals surface area contributed by atoms with Crippen molar-refractivity contribution in [2.45, 2.75) is 147 Å². The van der Waals surface area contributed by atoms with Crippen molar-refractivity contribution in [2.24, 2.45) is 0 Å². The first-order valence-corrected chi connectivity index (χ1v) is 19.9. The Bertz CT molecular complexity index is 1800. The number of carbonyl (C=O) groups is 7. The molecule has 356 valence electrons. The number of ether oxygens (including phenoxy) is 13. The third-order valence-corrected chi connectivity index (χ3v) is 9.63. The van der Waals surface area contributed by atoms with Gasteiger partial charge in [0.2, 0.25) is 0 Å². The Morgan fingerprint density at radius 3 is 1.38 bits per heavy atom. The Morgan fingerprint density at radius 2 is 0.938 bits per heavy atom. The molecule has 3 aliphatic heterocycles. The van der Waals surface area contributed by atoms with Crippen LogP contribution in [0.5, 0.6) is 0 Å². The van der Waals surface area contributed by atoms with Crippen LogP contribution in [0.1, 0.15) is 59.6 Å². The Kier molecular flexibility index (Phi) is 19.1. The molecule has 23 nitrogen and oxygen atoms in total.